The number of fused-ring (bicyclic) bond motifs is 9. The van der Waals surface area contributed by atoms with Crippen molar-refractivity contribution in [2.45, 2.75) is 24.7 Å². The van der Waals surface area contributed by atoms with E-state index < -0.39 is 5.41 Å². The Hall–Kier alpha value is -8.98. The van der Waals surface area contributed by atoms with E-state index in [1.165, 1.54) is 72.3 Å². The molecule has 12 aromatic rings. The van der Waals surface area contributed by atoms with Crippen molar-refractivity contribution in [1.82, 2.24) is 0 Å². The highest BCUT2D eigenvalue weighted by Crippen LogP contribution is 2.59. The second-order valence-electron chi connectivity index (χ2n) is 19.9. The monoisotopic (exact) mass is 919 g/mol. The Morgan fingerprint density at radius 1 is 0.319 bits per heavy atom. The molecule has 0 saturated carbocycles. The lowest BCUT2D eigenvalue weighted by Crippen LogP contribution is -2.28. The highest BCUT2D eigenvalue weighted by atomic mass is 16.3. The molecule has 2 heteroatoms. The Morgan fingerprint density at radius 2 is 0.861 bits per heavy atom. The second kappa shape index (κ2) is 16.3. The molecule has 0 amide bonds. The largest absolute Gasteiger partial charge is 0.455 e. The Kier molecular flexibility index (Phi) is 9.50. The fraction of sp³-hybridized carbons (Fsp3) is 0.0571. The van der Waals surface area contributed by atoms with Gasteiger partial charge in [0.05, 0.1) is 5.41 Å². The number of anilines is 3. The van der Waals surface area contributed by atoms with Gasteiger partial charge in [-0.3, -0.25) is 0 Å². The second-order valence-corrected chi connectivity index (χ2v) is 19.9. The van der Waals surface area contributed by atoms with E-state index in [1.807, 2.05) is 6.07 Å². The summed E-state index contributed by atoms with van der Waals surface area (Å²) in [4.78, 5) is 2.44. The van der Waals surface area contributed by atoms with Crippen molar-refractivity contribution in [1.29, 1.82) is 0 Å². The van der Waals surface area contributed by atoms with Crippen molar-refractivity contribution in [2.75, 3.05) is 4.90 Å². The molecule has 1 atom stereocenters. The highest BCUT2D eigenvalue weighted by molar-refractivity contribution is 6.09. The highest BCUT2D eigenvalue weighted by Gasteiger charge is 2.47. The first kappa shape index (κ1) is 41.9. The first-order valence-electron chi connectivity index (χ1n) is 25.1. The van der Waals surface area contributed by atoms with Crippen LogP contribution in [0.2, 0.25) is 0 Å². The summed E-state index contributed by atoms with van der Waals surface area (Å²) in [7, 11) is 0. The molecule has 2 aliphatic carbocycles. The molecule has 2 aliphatic rings. The van der Waals surface area contributed by atoms with Crippen LogP contribution in [0.1, 0.15) is 47.2 Å². The van der Waals surface area contributed by atoms with Crippen LogP contribution in [0.5, 0.6) is 0 Å². The van der Waals surface area contributed by atoms with Crippen LogP contribution in [-0.4, -0.2) is 0 Å². The van der Waals surface area contributed by atoms with Crippen LogP contribution >= 0.6 is 0 Å². The fourth-order valence-corrected chi connectivity index (χ4v) is 12.4. The normalized spacial score (nSPS) is 15.0. The van der Waals surface area contributed by atoms with Crippen molar-refractivity contribution >= 4 is 39.0 Å². The molecule has 1 unspecified atom stereocenters. The van der Waals surface area contributed by atoms with Crippen LogP contribution in [-0.2, 0) is 10.8 Å². The lowest BCUT2D eigenvalue weighted by atomic mass is 9.67. The van der Waals surface area contributed by atoms with E-state index in [2.05, 4.69) is 274 Å². The smallest absolute Gasteiger partial charge is 0.143 e. The molecule has 340 valence electrons. The Labute approximate surface area is 420 Å². The fourth-order valence-electron chi connectivity index (χ4n) is 12.4. The van der Waals surface area contributed by atoms with Crippen LogP contribution in [0.3, 0.4) is 0 Å². The van der Waals surface area contributed by atoms with E-state index in [4.69, 9.17) is 4.42 Å². The summed E-state index contributed by atoms with van der Waals surface area (Å²) in [6.07, 6.45) is 0. The molecule has 0 bridgehead atoms. The zero-order valence-corrected chi connectivity index (χ0v) is 40.2. The van der Waals surface area contributed by atoms with Crippen LogP contribution in [0.4, 0.5) is 17.1 Å². The molecule has 0 fully saturated rings. The van der Waals surface area contributed by atoms with Crippen LogP contribution in [0.25, 0.3) is 77.6 Å². The third-order valence-corrected chi connectivity index (χ3v) is 15.8. The van der Waals surface area contributed by atoms with Gasteiger partial charge in [-0.15, -0.1) is 0 Å². The van der Waals surface area contributed by atoms with E-state index in [9.17, 15) is 0 Å². The van der Waals surface area contributed by atoms with Crippen LogP contribution in [0.15, 0.2) is 265 Å². The zero-order valence-electron chi connectivity index (χ0n) is 40.2. The average Bonchev–Trinajstić information content (AvgIpc) is 4.06. The summed E-state index contributed by atoms with van der Waals surface area (Å²) in [6, 6.07) is 96.1. The number of hydrogen-bond donors (Lipinski definition) is 0. The molecule has 2 nitrogen and oxygen atoms in total. The van der Waals surface area contributed by atoms with Crippen molar-refractivity contribution in [3.05, 3.63) is 294 Å². The molecule has 0 aliphatic heterocycles. The minimum Gasteiger partial charge on any atom is -0.455 e. The quantitative estimate of drug-likeness (QED) is 0.151. The lowest BCUT2D eigenvalue weighted by Gasteiger charge is -2.34. The Balaban J connectivity index is 0.927. The van der Waals surface area contributed by atoms with E-state index in [-0.39, 0.29) is 5.41 Å². The van der Waals surface area contributed by atoms with Gasteiger partial charge in [0.2, 0.25) is 0 Å². The number of nitrogens with zero attached hydrogens (tertiary/aromatic N) is 1. The molecular formula is C70H49NO. The van der Waals surface area contributed by atoms with Gasteiger partial charge in [0.1, 0.15) is 11.2 Å². The van der Waals surface area contributed by atoms with Gasteiger partial charge in [0.15, 0.2) is 0 Å². The zero-order chi connectivity index (χ0) is 48.0. The van der Waals surface area contributed by atoms with Gasteiger partial charge in [-0.1, -0.05) is 232 Å². The van der Waals surface area contributed by atoms with Crippen molar-refractivity contribution < 1.29 is 4.42 Å². The SMILES string of the molecule is CC1(C)c2ccccc2-c2ccc(N(c3ccc(-c4ccccc4)cc3)c3cccc(-c4cccc5c4-c4ccccc4C5(c4ccccc4)c4ccc(-c5cccc6c5oc5ccccc56)cc4)c3)cc21. The van der Waals surface area contributed by atoms with Gasteiger partial charge in [-0.2, -0.15) is 0 Å². The summed E-state index contributed by atoms with van der Waals surface area (Å²) in [6.45, 7) is 4.73. The predicted molar refractivity (Wildman–Crippen MR) is 300 cm³/mol. The molecular weight excluding hydrogens is 871 g/mol. The molecule has 0 radical (unpaired) electrons. The van der Waals surface area contributed by atoms with Gasteiger partial charge in [0, 0.05) is 38.8 Å². The van der Waals surface area contributed by atoms with Crippen molar-refractivity contribution in [3.63, 3.8) is 0 Å². The van der Waals surface area contributed by atoms with Gasteiger partial charge in [-0.05, 0) is 126 Å². The van der Waals surface area contributed by atoms with E-state index in [0.29, 0.717) is 0 Å². The summed E-state index contributed by atoms with van der Waals surface area (Å²) in [5, 5.41) is 2.27. The Morgan fingerprint density at radius 3 is 1.68 bits per heavy atom. The molecule has 11 aromatic carbocycles. The molecule has 14 rings (SSSR count). The van der Waals surface area contributed by atoms with E-state index >= 15 is 0 Å². The molecule has 1 aromatic heterocycles. The molecule has 0 N–H and O–H groups in total. The third kappa shape index (κ3) is 6.28. The minimum absolute atomic E-state index is 0.140. The first-order chi connectivity index (χ1) is 35.5. The number of benzene rings is 11. The van der Waals surface area contributed by atoms with Gasteiger partial charge < -0.3 is 9.32 Å². The maximum absolute atomic E-state index is 6.53. The molecule has 0 saturated heterocycles. The third-order valence-electron chi connectivity index (χ3n) is 15.8. The molecule has 72 heavy (non-hydrogen) atoms. The molecule has 0 spiro atoms. The van der Waals surface area contributed by atoms with Gasteiger partial charge in [0.25, 0.3) is 0 Å². The maximum Gasteiger partial charge on any atom is 0.143 e. The lowest BCUT2D eigenvalue weighted by molar-refractivity contribution is 0.660. The Bertz CT molecular complexity index is 4050. The van der Waals surface area contributed by atoms with Gasteiger partial charge in [-0.25, -0.2) is 0 Å². The predicted octanol–water partition coefficient (Wildman–Crippen LogP) is 18.7. The van der Waals surface area contributed by atoms with E-state index in [0.717, 1.165) is 55.7 Å². The average molecular weight is 920 g/mol. The number of furan rings is 1. The number of para-hydroxylation sites is 2. The summed E-state index contributed by atoms with van der Waals surface area (Å²) in [5.41, 5.74) is 24.3. The number of hydrogen-bond acceptors (Lipinski definition) is 2. The standard InChI is InChI=1S/C70H49NO/c1-69(2)62-30-12-9-24-57(62)58-43-42-54(45-65(58)69)71(52-40-36-47(37-41-52)46-18-5-3-6-19-46)53-23-15-20-49(44-53)55-27-17-32-64-67(55)61-26-10-13-31-63(61)70(64,50-21-7-4-8-22-50)51-38-34-48(35-39-51)56-28-16-29-60-59-25-11-14-33-66(59)72-68(56)60/h3-45H,1-2H3. The maximum atomic E-state index is 6.53. The summed E-state index contributed by atoms with van der Waals surface area (Å²) >= 11 is 0. The van der Waals surface area contributed by atoms with Crippen LogP contribution in [0, 0.1) is 0 Å². The van der Waals surface area contributed by atoms with Crippen molar-refractivity contribution in [2.24, 2.45) is 0 Å². The number of rotatable bonds is 8. The van der Waals surface area contributed by atoms with Crippen LogP contribution < -0.4 is 4.90 Å². The summed E-state index contributed by atoms with van der Waals surface area (Å²) in [5.74, 6) is 0. The molecule has 1 heterocycles. The summed E-state index contributed by atoms with van der Waals surface area (Å²) < 4.78 is 6.53. The first-order valence-corrected chi connectivity index (χ1v) is 25.1. The van der Waals surface area contributed by atoms with Gasteiger partial charge >= 0.3 is 0 Å². The minimum atomic E-state index is -0.577. The van der Waals surface area contributed by atoms with Crippen molar-refractivity contribution in [3.8, 4) is 55.6 Å². The van der Waals surface area contributed by atoms with E-state index in [1.54, 1.807) is 0 Å². The topological polar surface area (TPSA) is 16.4 Å².